The summed E-state index contributed by atoms with van der Waals surface area (Å²) in [7, 11) is 0. The van der Waals surface area contributed by atoms with Crippen LogP contribution in [0.15, 0.2) is 12.2 Å². The zero-order valence-electron chi connectivity index (χ0n) is 9.71. The highest BCUT2D eigenvalue weighted by atomic mass is 16.2. The van der Waals surface area contributed by atoms with Gasteiger partial charge in [-0.1, -0.05) is 31.9 Å². The first-order chi connectivity index (χ1) is 7.13. The fraction of sp³-hybridized carbons (Fsp3) is 0.692. The second-order valence-corrected chi connectivity index (χ2v) is 4.35. The molecule has 1 aliphatic rings. The number of carbonyl (C=O) groups excluding carboxylic acids is 2. The molecule has 0 aromatic rings. The Labute approximate surface area is 91.7 Å². The van der Waals surface area contributed by atoms with Crippen LogP contribution in [0.3, 0.4) is 0 Å². The lowest BCUT2D eigenvalue weighted by atomic mass is 9.70. The van der Waals surface area contributed by atoms with E-state index in [1.165, 1.54) is 0 Å². The summed E-state index contributed by atoms with van der Waals surface area (Å²) in [6.45, 7) is 3.63. The van der Waals surface area contributed by atoms with E-state index in [0.29, 0.717) is 12.8 Å². The third-order valence-electron chi connectivity index (χ3n) is 3.21. The van der Waals surface area contributed by atoms with Crippen molar-refractivity contribution >= 4 is 11.6 Å². The lowest BCUT2D eigenvalue weighted by molar-refractivity contribution is -0.138. The summed E-state index contributed by atoms with van der Waals surface area (Å²) < 4.78 is 0. The average Bonchev–Trinajstić information content (AvgIpc) is 2.21. The molecular weight excluding hydrogens is 188 g/mol. The molecule has 0 amide bonds. The average molecular weight is 208 g/mol. The van der Waals surface area contributed by atoms with Crippen LogP contribution < -0.4 is 0 Å². The predicted molar refractivity (Wildman–Crippen MR) is 60.6 cm³/mol. The Bertz CT molecular complexity index is 278. The monoisotopic (exact) mass is 208 g/mol. The lowest BCUT2D eigenvalue weighted by Crippen LogP contribution is -2.38. The van der Waals surface area contributed by atoms with Gasteiger partial charge in [-0.15, -0.1) is 0 Å². The second-order valence-electron chi connectivity index (χ2n) is 4.35. The number of rotatable bonds is 4. The van der Waals surface area contributed by atoms with Crippen LogP contribution in [0.5, 0.6) is 0 Å². The summed E-state index contributed by atoms with van der Waals surface area (Å²) in [5, 5.41) is 0. The van der Waals surface area contributed by atoms with Crippen molar-refractivity contribution in [2.24, 2.45) is 5.41 Å². The van der Waals surface area contributed by atoms with Crippen LogP contribution in [0.4, 0.5) is 0 Å². The van der Waals surface area contributed by atoms with E-state index in [0.717, 1.165) is 25.7 Å². The van der Waals surface area contributed by atoms with E-state index >= 15 is 0 Å². The molecule has 0 aromatic heterocycles. The summed E-state index contributed by atoms with van der Waals surface area (Å²) in [6.07, 6.45) is 9.06. The van der Waals surface area contributed by atoms with Crippen LogP contribution in [0.25, 0.3) is 0 Å². The van der Waals surface area contributed by atoms with E-state index < -0.39 is 5.41 Å². The van der Waals surface area contributed by atoms with Crippen molar-refractivity contribution in [2.75, 3.05) is 0 Å². The molecule has 1 fully saturated rings. The first-order valence-electron chi connectivity index (χ1n) is 5.85. The Morgan fingerprint density at radius 2 is 2.20 bits per heavy atom. The van der Waals surface area contributed by atoms with Crippen molar-refractivity contribution in [2.45, 2.75) is 52.4 Å². The van der Waals surface area contributed by atoms with E-state index in [2.05, 4.69) is 6.92 Å². The zero-order chi connectivity index (χ0) is 11.3. The Morgan fingerprint density at radius 3 is 2.73 bits per heavy atom. The Kier molecular flexibility index (Phi) is 4.25. The molecule has 1 saturated carbocycles. The van der Waals surface area contributed by atoms with E-state index in [-0.39, 0.29) is 11.6 Å². The van der Waals surface area contributed by atoms with Crippen LogP contribution >= 0.6 is 0 Å². The van der Waals surface area contributed by atoms with Crippen molar-refractivity contribution < 1.29 is 9.59 Å². The molecule has 1 unspecified atom stereocenters. The van der Waals surface area contributed by atoms with Gasteiger partial charge in [-0.05, 0) is 26.2 Å². The van der Waals surface area contributed by atoms with E-state index in [1.54, 1.807) is 6.92 Å². The second kappa shape index (κ2) is 5.24. The molecular formula is C13H20O2. The van der Waals surface area contributed by atoms with Gasteiger partial charge >= 0.3 is 0 Å². The molecule has 1 aliphatic carbocycles. The molecule has 0 N–H and O–H groups in total. The largest absolute Gasteiger partial charge is 0.299 e. The molecule has 0 heterocycles. The van der Waals surface area contributed by atoms with Gasteiger partial charge in [0.2, 0.25) is 0 Å². The van der Waals surface area contributed by atoms with Crippen molar-refractivity contribution in [1.82, 2.24) is 0 Å². The van der Waals surface area contributed by atoms with Gasteiger partial charge in [0, 0.05) is 6.42 Å². The molecule has 2 heteroatoms. The molecule has 0 bridgehead atoms. The van der Waals surface area contributed by atoms with E-state index in [4.69, 9.17) is 0 Å². The number of hydrogen-bond donors (Lipinski definition) is 0. The van der Waals surface area contributed by atoms with Crippen LogP contribution in [-0.4, -0.2) is 11.6 Å². The third-order valence-corrected chi connectivity index (χ3v) is 3.21. The number of hydrogen-bond acceptors (Lipinski definition) is 2. The molecule has 15 heavy (non-hydrogen) atoms. The molecule has 0 spiro atoms. The van der Waals surface area contributed by atoms with Gasteiger partial charge in [0.25, 0.3) is 0 Å². The van der Waals surface area contributed by atoms with Crippen LogP contribution in [0, 0.1) is 5.41 Å². The predicted octanol–water partition coefficient (Wildman–Crippen LogP) is 3.06. The first-order valence-corrected chi connectivity index (χ1v) is 5.85. The quantitative estimate of drug-likeness (QED) is 0.525. The van der Waals surface area contributed by atoms with Crippen molar-refractivity contribution in [1.29, 1.82) is 0 Å². The Hall–Kier alpha value is -0.920. The van der Waals surface area contributed by atoms with Gasteiger partial charge in [0.1, 0.15) is 17.0 Å². The Balaban J connectivity index is 2.86. The van der Waals surface area contributed by atoms with Crippen molar-refractivity contribution in [3.8, 4) is 0 Å². The molecule has 1 rings (SSSR count). The minimum absolute atomic E-state index is 0.0135. The number of ketones is 2. The standard InChI is InChI=1S/C13H20O2/c1-3-4-6-9-13(11(2)14)10-7-5-8-12(13)15/h6,9H,3-5,7-8,10H2,1-2H3/b9-6+. The molecule has 0 aromatic carbocycles. The molecule has 0 saturated heterocycles. The van der Waals surface area contributed by atoms with Gasteiger partial charge in [-0.25, -0.2) is 0 Å². The first kappa shape index (κ1) is 12.2. The van der Waals surface area contributed by atoms with Gasteiger partial charge in [0.15, 0.2) is 0 Å². The normalized spacial score (nSPS) is 27.2. The summed E-state index contributed by atoms with van der Waals surface area (Å²) in [6, 6.07) is 0. The molecule has 1 atom stereocenters. The van der Waals surface area contributed by atoms with E-state index in [9.17, 15) is 9.59 Å². The molecule has 0 radical (unpaired) electrons. The number of unbranched alkanes of at least 4 members (excludes halogenated alkanes) is 1. The number of carbonyl (C=O) groups is 2. The highest BCUT2D eigenvalue weighted by Crippen LogP contribution is 2.35. The molecule has 84 valence electrons. The maximum atomic E-state index is 11.9. The minimum Gasteiger partial charge on any atom is -0.299 e. The van der Waals surface area contributed by atoms with Crippen molar-refractivity contribution in [3.05, 3.63) is 12.2 Å². The summed E-state index contributed by atoms with van der Waals surface area (Å²) >= 11 is 0. The van der Waals surface area contributed by atoms with Gasteiger partial charge in [0.05, 0.1) is 0 Å². The molecule has 0 aliphatic heterocycles. The highest BCUT2D eigenvalue weighted by molar-refractivity contribution is 6.08. The van der Waals surface area contributed by atoms with Crippen molar-refractivity contribution in [3.63, 3.8) is 0 Å². The maximum Gasteiger partial charge on any atom is 0.150 e. The fourth-order valence-corrected chi connectivity index (χ4v) is 2.17. The SMILES string of the molecule is CCC/C=C/C1(C(C)=O)CCCCC1=O. The Morgan fingerprint density at radius 1 is 1.47 bits per heavy atom. The topological polar surface area (TPSA) is 34.1 Å². The zero-order valence-corrected chi connectivity index (χ0v) is 9.71. The third kappa shape index (κ3) is 2.55. The van der Waals surface area contributed by atoms with Gasteiger partial charge in [-0.2, -0.15) is 0 Å². The smallest absolute Gasteiger partial charge is 0.150 e. The fourth-order valence-electron chi connectivity index (χ4n) is 2.17. The molecule has 2 nitrogen and oxygen atoms in total. The summed E-state index contributed by atoms with van der Waals surface area (Å²) in [5.41, 5.74) is -0.770. The maximum absolute atomic E-state index is 11.9. The highest BCUT2D eigenvalue weighted by Gasteiger charge is 2.41. The van der Waals surface area contributed by atoms with Crippen LogP contribution in [-0.2, 0) is 9.59 Å². The number of Topliss-reactive ketones (excluding diaryl/α,β-unsaturated/α-hetero) is 2. The summed E-state index contributed by atoms with van der Waals surface area (Å²) in [4.78, 5) is 23.5. The lowest BCUT2D eigenvalue weighted by Gasteiger charge is -2.30. The van der Waals surface area contributed by atoms with E-state index in [1.807, 2.05) is 12.2 Å². The van der Waals surface area contributed by atoms with Crippen LogP contribution in [0.2, 0.25) is 0 Å². The minimum atomic E-state index is -0.770. The summed E-state index contributed by atoms with van der Waals surface area (Å²) in [5.74, 6) is 0.133. The van der Waals surface area contributed by atoms with Gasteiger partial charge in [-0.3, -0.25) is 9.59 Å². The van der Waals surface area contributed by atoms with Gasteiger partial charge < -0.3 is 0 Å². The number of allylic oxidation sites excluding steroid dienone is 2. The van der Waals surface area contributed by atoms with Crippen LogP contribution in [0.1, 0.15) is 52.4 Å².